The molecule has 2 heteroatoms. The molecule has 0 atom stereocenters. The van der Waals surface area contributed by atoms with Gasteiger partial charge in [-0.05, 0) is 6.42 Å². The highest BCUT2D eigenvalue weighted by atomic mass is 16.1. The number of rotatable bonds is 2. The van der Waals surface area contributed by atoms with Crippen molar-refractivity contribution in [3.63, 3.8) is 0 Å². The lowest BCUT2D eigenvalue weighted by atomic mass is 10.3. The standard InChI is InChI=1S/C6H7NO/c1-2-3-6(4-7)5-8/h3,5H,2H2,1H3. The Kier molecular flexibility index (Phi) is 3.51. The first kappa shape index (κ1) is 6.90. The maximum absolute atomic E-state index is 9.84. The van der Waals surface area contributed by atoms with Gasteiger partial charge in [-0.3, -0.25) is 4.79 Å². The Morgan fingerprint density at radius 3 is 2.62 bits per heavy atom. The molecule has 42 valence electrons. The van der Waals surface area contributed by atoms with E-state index in [0.717, 1.165) is 6.42 Å². The zero-order valence-electron chi connectivity index (χ0n) is 4.72. The van der Waals surface area contributed by atoms with Gasteiger partial charge in [0.05, 0.1) is 5.57 Å². The topological polar surface area (TPSA) is 40.9 Å². The summed E-state index contributed by atoms with van der Waals surface area (Å²) in [5.74, 6) is 0. The molecule has 0 amide bonds. The van der Waals surface area contributed by atoms with Crippen molar-refractivity contribution in [1.29, 1.82) is 5.26 Å². The second-order valence-corrected chi connectivity index (χ2v) is 1.30. The van der Waals surface area contributed by atoms with Gasteiger partial charge in [-0.1, -0.05) is 13.0 Å². The third-order valence-electron chi connectivity index (χ3n) is 0.680. The second-order valence-electron chi connectivity index (χ2n) is 1.30. The van der Waals surface area contributed by atoms with E-state index in [2.05, 4.69) is 0 Å². The lowest BCUT2D eigenvalue weighted by Crippen LogP contribution is -1.76. The van der Waals surface area contributed by atoms with E-state index in [1.54, 1.807) is 12.1 Å². The third kappa shape index (κ3) is 2.14. The SMILES string of the molecule is CCC=C(C#N)C=O. The molecular weight excluding hydrogens is 102 g/mol. The fourth-order valence-electron chi connectivity index (χ4n) is 0.340. The highest BCUT2D eigenvalue weighted by molar-refractivity contribution is 5.78. The number of aldehydes is 1. The summed E-state index contributed by atoms with van der Waals surface area (Å²) in [6.07, 6.45) is 2.89. The predicted molar refractivity (Wildman–Crippen MR) is 30.1 cm³/mol. The minimum Gasteiger partial charge on any atom is -0.297 e. The summed E-state index contributed by atoms with van der Waals surface area (Å²) in [7, 11) is 0. The molecule has 0 saturated heterocycles. The first-order valence-corrected chi connectivity index (χ1v) is 2.40. The van der Waals surface area contributed by atoms with Crippen LogP contribution < -0.4 is 0 Å². The molecule has 0 unspecified atom stereocenters. The lowest BCUT2D eigenvalue weighted by Gasteiger charge is -1.76. The molecule has 0 aliphatic heterocycles. The maximum Gasteiger partial charge on any atom is 0.160 e. The number of hydrogen-bond donors (Lipinski definition) is 0. The Bertz CT molecular complexity index is 141. The van der Waals surface area contributed by atoms with Gasteiger partial charge in [0, 0.05) is 0 Å². The number of carbonyl (C=O) groups excluding carboxylic acids is 1. The van der Waals surface area contributed by atoms with Gasteiger partial charge in [0.25, 0.3) is 0 Å². The van der Waals surface area contributed by atoms with Crippen molar-refractivity contribution >= 4 is 6.29 Å². The Morgan fingerprint density at radius 1 is 1.88 bits per heavy atom. The third-order valence-corrected chi connectivity index (χ3v) is 0.680. The van der Waals surface area contributed by atoms with E-state index in [0.29, 0.717) is 6.29 Å². The van der Waals surface area contributed by atoms with Crippen LogP contribution in [-0.4, -0.2) is 6.29 Å². The number of carbonyl (C=O) groups is 1. The van der Waals surface area contributed by atoms with E-state index in [4.69, 9.17) is 5.26 Å². The molecular formula is C6H7NO. The van der Waals surface area contributed by atoms with Crippen molar-refractivity contribution in [1.82, 2.24) is 0 Å². The molecule has 0 bridgehead atoms. The molecule has 0 aromatic rings. The normalized spacial score (nSPS) is 10.2. The first-order chi connectivity index (χ1) is 3.85. The summed E-state index contributed by atoms with van der Waals surface area (Å²) < 4.78 is 0. The number of nitriles is 1. The predicted octanol–water partition coefficient (Wildman–Crippen LogP) is 1.05. The van der Waals surface area contributed by atoms with Crippen LogP contribution in [0.3, 0.4) is 0 Å². The van der Waals surface area contributed by atoms with Crippen molar-refractivity contribution < 1.29 is 4.79 Å². The van der Waals surface area contributed by atoms with Gasteiger partial charge in [0.1, 0.15) is 6.07 Å². The summed E-state index contributed by atoms with van der Waals surface area (Å²) in [6.45, 7) is 1.88. The largest absolute Gasteiger partial charge is 0.297 e. The Balaban J connectivity index is 3.92. The monoisotopic (exact) mass is 109 g/mol. The molecule has 8 heavy (non-hydrogen) atoms. The molecule has 0 N–H and O–H groups in total. The van der Waals surface area contributed by atoms with Crippen molar-refractivity contribution in [2.24, 2.45) is 0 Å². The van der Waals surface area contributed by atoms with Gasteiger partial charge < -0.3 is 0 Å². The fraction of sp³-hybridized carbons (Fsp3) is 0.333. The van der Waals surface area contributed by atoms with Crippen LogP contribution in [0, 0.1) is 11.3 Å². The van der Waals surface area contributed by atoms with E-state index in [9.17, 15) is 4.79 Å². The van der Waals surface area contributed by atoms with Gasteiger partial charge >= 0.3 is 0 Å². The van der Waals surface area contributed by atoms with Gasteiger partial charge in [-0.15, -0.1) is 0 Å². The number of allylic oxidation sites excluding steroid dienone is 2. The van der Waals surface area contributed by atoms with Crippen molar-refractivity contribution in [2.75, 3.05) is 0 Å². The number of hydrogen-bond acceptors (Lipinski definition) is 2. The van der Waals surface area contributed by atoms with Gasteiger partial charge in [-0.2, -0.15) is 5.26 Å². The van der Waals surface area contributed by atoms with E-state index in [-0.39, 0.29) is 5.57 Å². The van der Waals surface area contributed by atoms with Crippen LogP contribution in [0.2, 0.25) is 0 Å². The second kappa shape index (κ2) is 4.07. The van der Waals surface area contributed by atoms with Gasteiger partial charge in [0.2, 0.25) is 0 Å². The minimum atomic E-state index is 0.215. The van der Waals surface area contributed by atoms with Crippen molar-refractivity contribution in [3.8, 4) is 6.07 Å². The molecule has 0 aliphatic carbocycles. The minimum absolute atomic E-state index is 0.215. The molecule has 0 rings (SSSR count). The quantitative estimate of drug-likeness (QED) is 0.302. The molecule has 0 fully saturated rings. The van der Waals surface area contributed by atoms with Crippen LogP contribution in [0.4, 0.5) is 0 Å². The molecule has 0 spiro atoms. The smallest absolute Gasteiger partial charge is 0.160 e. The van der Waals surface area contributed by atoms with Gasteiger partial charge in [-0.25, -0.2) is 0 Å². The summed E-state index contributed by atoms with van der Waals surface area (Å²) in [6, 6.07) is 1.75. The Morgan fingerprint density at radius 2 is 2.50 bits per heavy atom. The van der Waals surface area contributed by atoms with Crippen molar-refractivity contribution in [3.05, 3.63) is 11.6 Å². The van der Waals surface area contributed by atoms with Gasteiger partial charge in [0.15, 0.2) is 6.29 Å². The van der Waals surface area contributed by atoms with Crippen LogP contribution in [-0.2, 0) is 4.79 Å². The summed E-state index contributed by atoms with van der Waals surface area (Å²) in [5, 5.41) is 8.11. The molecule has 0 aromatic carbocycles. The van der Waals surface area contributed by atoms with Crippen LogP contribution >= 0.6 is 0 Å². The molecule has 0 aromatic heterocycles. The van der Waals surface area contributed by atoms with E-state index in [1.165, 1.54) is 0 Å². The van der Waals surface area contributed by atoms with Crippen LogP contribution in [0.25, 0.3) is 0 Å². The average Bonchev–Trinajstić information content (AvgIpc) is 1.83. The Hall–Kier alpha value is -1.10. The molecule has 0 aliphatic rings. The molecule has 0 heterocycles. The van der Waals surface area contributed by atoms with E-state index in [1.807, 2.05) is 6.92 Å². The summed E-state index contributed by atoms with van der Waals surface area (Å²) in [4.78, 5) is 9.84. The maximum atomic E-state index is 9.84. The molecule has 0 saturated carbocycles. The van der Waals surface area contributed by atoms with Crippen LogP contribution in [0.15, 0.2) is 11.6 Å². The van der Waals surface area contributed by atoms with Crippen LogP contribution in [0.1, 0.15) is 13.3 Å². The van der Waals surface area contributed by atoms with Crippen LogP contribution in [0.5, 0.6) is 0 Å². The lowest BCUT2D eigenvalue weighted by molar-refractivity contribution is -0.104. The zero-order valence-corrected chi connectivity index (χ0v) is 4.72. The van der Waals surface area contributed by atoms with Crippen molar-refractivity contribution in [2.45, 2.75) is 13.3 Å². The Labute approximate surface area is 48.4 Å². The van der Waals surface area contributed by atoms with E-state index < -0.39 is 0 Å². The van der Waals surface area contributed by atoms with E-state index >= 15 is 0 Å². The molecule has 2 nitrogen and oxygen atoms in total. The first-order valence-electron chi connectivity index (χ1n) is 2.40. The molecule has 0 radical (unpaired) electrons. The summed E-state index contributed by atoms with van der Waals surface area (Å²) in [5.41, 5.74) is 0.215. The summed E-state index contributed by atoms with van der Waals surface area (Å²) >= 11 is 0. The highest BCUT2D eigenvalue weighted by Gasteiger charge is 1.84. The average molecular weight is 109 g/mol. The number of nitrogens with zero attached hydrogens (tertiary/aromatic N) is 1. The fourth-order valence-corrected chi connectivity index (χ4v) is 0.340. The highest BCUT2D eigenvalue weighted by Crippen LogP contribution is 1.87. The zero-order chi connectivity index (χ0) is 6.41.